The van der Waals surface area contributed by atoms with E-state index in [1.54, 1.807) is 6.08 Å². The fraction of sp³-hybridized carbons (Fsp3) is 0.520. The van der Waals surface area contributed by atoms with Crippen molar-refractivity contribution < 1.29 is 13.2 Å². The average molecular weight is 499 g/mol. The number of sulfonamides is 1. The van der Waals surface area contributed by atoms with Gasteiger partial charge in [-0.15, -0.1) is 10.2 Å². The van der Waals surface area contributed by atoms with Crippen LogP contribution in [0.5, 0.6) is 0 Å². The van der Waals surface area contributed by atoms with Gasteiger partial charge in [-0.25, -0.2) is 8.42 Å². The third-order valence-corrected chi connectivity index (χ3v) is 8.54. The number of rotatable bonds is 7. The lowest BCUT2D eigenvalue weighted by Crippen LogP contribution is -2.49. The molecule has 3 fully saturated rings. The minimum atomic E-state index is -3.45. The molecule has 3 aliphatic rings. The summed E-state index contributed by atoms with van der Waals surface area (Å²) in [5.74, 6) is 1.69. The van der Waals surface area contributed by atoms with Gasteiger partial charge in [0.25, 0.3) is 0 Å². The Morgan fingerprint density at radius 3 is 2.06 bits per heavy atom. The van der Waals surface area contributed by atoms with Crippen LogP contribution in [-0.2, 0) is 14.8 Å². The molecule has 5 rings (SSSR count). The highest BCUT2D eigenvalue weighted by Gasteiger charge is 2.27. The van der Waals surface area contributed by atoms with Gasteiger partial charge in [0, 0.05) is 70.9 Å². The van der Waals surface area contributed by atoms with Gasteiger partial charge in [-0.05, 0) is 36.6 Å². The summed E-state index contributed by atoms with van der Waals surface area (Å²) in [7, 11) is -3.45. The Morgan fingerprint density at radius 2 is 1.49 bits per heavy atom. The van der Waals surface area contributed by atoms with E-state index in [-0.39, 0.29) is 0 Å². The zero-order valence-corrected chi connectivity index (χ0v) is 20.9. The monoisotopic (exact) mass is 498 g/mol. The first-order valence-electron chi connectivity index (χ1n) is 12.5. The molecule has 10 heteroatoms. The van der Waals surface area contributed by atoms with E-state index in [0.29, 0.717) is 32.3 Å². The molecule has 0 spiro atoms. The SMILES string of the molecule is O=S(=O)(/C=C/c1ccccc1)N1CCN(c2ccc(N3CCN(CC4CCCO4)CC3)nn2)CC1. The van der Waals surface area contributed by atoms with Crippen LogP contribution in [0.2, 0.25) is 0 Å². The van der Waals surface area contributed by atoms with E-state index in [1.807, 2.05) is 42.5 Å². The lowest BCUT2D eigenvalue weighted by Gasteiger charge is -2.36. The van der Waals surface area contributed by atoms with Crippen LogP contribution >= 0.6 is 0 Å². The molecular weight excluding hydrogens is 464 g/mol. The number of ether oxygens (including phenoxy) is 1. The molecule has 1 unspecified atom stereocenters. The molecule has 1 atom stereocenters. The molecule has 188 valence electrons. The van der Waals surface area contributed by atoms with Crippen LogP contribution < -0.4 is 9.80 Å². The van der Waals surface area contributed by atoms with Gasteiger partial charge in [0.2, 0.25) is 10.0 Å². The van der Waals surface area contributed by atoms with Gasteiger partial charge in [-0.3, -0.25) is 4.90 Å². The fourth-order valence-electron chi connectivity index (χ4n) is 4.88. The van der Waals surface area contributed by atoms with Gasteiger partial charge in [0.05, 0.1) is 6.10 Å². The fourth-order valence-corrected chi connectivity index (χ4v) is 6.05. The van der Waals surface area contributed by atoms with E-state index in [4.69, 9.17) is 4.74 Å². The van der Waals surface area contributed by atoms with E-state index in [2.05, 4.69) is 24.9 Å². The minimum Gasteiger partial charge on any atom is -0.377 e. The summed E-state index contributed by atoms with van der Waals surface area (Å²) in [6.07, 6.45) is 4.41. The predicted molar refractivity (Wildman–Crippen MR) is 138 cm³/mol. The Balaban J connectivity index is 1.10. The molecule has 1 aromatic heterocycles. The first kappa shape index (κ1) is 24.2. The van der Waals surface area contributed by atoms with Crippen molar-refractivity contribution in [3.63, 3.8) is 0 Å². The molecule has 3 aliphatic heterocycles. The Bertz CT molecular complexity index is 1070. The standard InChI is InChI=1S/C25H34N6O3S/c32-35(33,20-10-22-5-2-1-3-6-22)31-17-15-30(16-18-31)25-9-8-24(26-27-25)29-13-11-28(12-14-29)21-23-7-4-19-34-23/h1-3,5-6,8-10,20,23H,4,7,11-19,21H2/b20-10+. The lowest BCUT2D eigenvalue weighted by atomic mass is 10.2. The summed E-state index contributed by atoms with van der Waals surface area (Å²) in [4.78, 5) is 6.87. The second-order valence-electron chi connectivity index (χ2n) is 9.32. The zero-order valence-electron chi connectivity index (χ0n) is 20.1. The maximum Gasteiger partial charge on any atom is 0.236 e. The molecule has 2 aromatic rings. The Hall–Kier alpha value is -2.53. The molecule has 0 bridgehead atoms. The largest absolute Gasteiger partial charge is 0.377 e. The molecule has 0 amide bonds. The van der Waals surface area contributed by atoms with Gasteiger partial charge >= 0.3 is 0 Å². The van der Waals surface area contributed by atoms with Gasteiger partial charge < -0.3 is 14.5 Å². The van der Waals surface area contributed by atoms with Gasteiger partial charge in [0.1, 0.15) is 0 Å². The maximum atomic E-state index is 12.7. The molecule has 35 heavy (non-hydrogen) atoms. The molecule has 0 N–H and O–H groups in total. The summed E-state index contributed by atoms with van der Waals surface area (Å²) < 4.78 is 32.7. The van der Waals surface area contributed by atoms with Crippen molar-refractivity contribution in [1.82, 2.24) is 19.4 Å². The normalized spacial score (nSPS) is 22.8. The Kier molecular flexibility index (Phi) is 7.62. The zero-order chi connectivity index (χ0) is 24.1. The van der Waals surface area contributed by atoms with Gasteiger partial charge in [-0.2, -0.15) is 4.31 Å². The van der Waals surface area contributed by atoms with Crippen LogP contribution in [0.3, 0.4) is 0 Å². The highest BCUT2D eigenvalue weighted by molar-refractivity contribution is 7.92. The number of benzene rings is 1. The summed E-state index contributed by atoms with van der Waals surface area (Å²) in [5.41, 5.74) is 0.870. The highest BCUT2D eigenvalue weighted by Crippen LogP contribution is 2.20. The van der Waals surface area contributed by atoms with Crippen LogP contribution in [0.25, 0.3) is 6.08 Å². The van der Waals surface area contributed by atoms with E-state index in [0.717, 1.165) is 56.5 Å². The summed E-state index contributed by atoms with van der Waals surface area (Å²) in [6, 6.07) is 13.5. The maximum absolute atomic E-state index is 12.7. The first-order chi connectivity index (χ1) is 17.1. The van der Waals surface area contributed by atoms with E-state index in [9.17, 15) is 8.42 Å². The number of nitrogens with zero attached hydrogens (tertiary/aromatic N) is 6. The third-order valence-electron chi connectivity index (χ3n) is 6.97. The molecule has 4 heterocycles. The van der Waals surface area contributed by atoms with Crippen LogP contribution in [0.15, 0.2) is 47.9 Å². The van der Waals surface area contributed by atoms with E-state index in [1.165, 1.54) is 22.6 Å². The van der Waals surface area contributed by atoms with Crippen molar-refractivity contribution >= 4 is 27.7 Å². The van der Waals surface area contributed by atoms with Crippen LogP contribution in [-0.4, -0.2) is 99.4 Å². The predicted octanol–water partition coefficient (Wildman–Crippen LogP) is 1.90. The number of anilines is 2. The second kappa shape index (κ2) is 11.0. The van der Waals surface area contributed by atoms with E-state index < -0.39 is 10.0 Å². The van der Waals surface area contributed by atoms with Crippen LogP contribution in [0.1, 0.15) is 18.4 Å². The quantitative estimate of drug-likeness (QED) is 0.573. The average Bonchev–Trinajstić information content (AvgIpc) is 3.42. The first-order valence-corrected chi connectivity index (χ1v) is 14.0. The molecule has 1 aromatic carbocycles. The van der Waals surface area contributed by atoms with Gasteiger partial charge in [0.15, 0.2) is 11.6 Å². The van der Waals surface area contributed by atoms with E-state index >= 15 is 0 Å². The van der Waals surface area contributed by atoms with Crippen molar-refractivity contribution in [2.75, 3.05) is 75.3 Å². The van der Waals surface area contributed by atoms with Crippen LogP contribution in [0.4, 0.5) is 11.6 Å². The number of hydrogen-bond donors (Lipinski definition) is 0. The molecule has 0 aliphatic carbocycles. The lowest BCUT2D eigenvalue weighted by molar-refractivity contribution is 0.0712. The van der Waals surface area contributed by atoms with Gasteiger partial charge in [-0.1, -0.05) is 30.3 Å². The smallest absolute Gasteiger partial charge is 0.236 e. The Labute approximate surface area is 208 Å². The molecular formula is C25H34N6O3S. The summed E-state index contributed by atoms with van der Waals surface area (Å²) >= 11 is 0. The second-order valence-corrected chi connectivity index (χ2v) is 11.1. The van der Waals surface area contributed by atoms with Crippen molar-refractivity contribution in [2.24, 2.45) is 0 Å². The van der Waals surface area contributed by atoms with Crippen molar-refractivity contribution in [3.05, 3.63) is 53.4 Å². The molecule has 9 nitrogen and oxygen atoms in total. The third kappa shape index (κ3) is 6.19. The summed E-state index contributed by atoms with van der Waals surface area (Å²) in [5, 5.41) is 10.2. The van der Waals surface area contributed by atoms with Crippen LogP contribution in [0, 0.1) is 0 Å². The number of hydrogen-bond acceptors (Lipinski definition) is 8. The molecule has 0 radical (unpaired) electrons. The number of piperazine rings is 2. The summed E-state index contributed by atoms with van der Waals surface area (Å²) in [6.45, 7) is 7.88. The molecule has 0 saturated carbocycles. The Morgan fingerprint density at radius 1 is 0.857 bits per heavy atom. The molecule has 3 saturated heterocycles. The highest BCUT2D eigenvalue weighted by atomic mass is 32.2. The van der Waals surface area contributed by atoms with Crippen molar-refractivity contribution in [3.8, 4) is 0 Å². The van der Waals surface area contributed by atoms with Crippen molar-refractivity contribution in [2.45, 2.75) is 18.9 Å². The topological polar surface area (TPSA) is 82.1 Å². The minimum absolute atomic E-state index is 0.399. The number of aromatic nitrogens is 2. The van der Waals surface area contributed by atoms with Crippen molar-refractivity contribution in [1.29, 1.82) is 0 Å².